The normalized spacial score (nSPS) is 23.6. The fourth-order valence-electron chi connectivity index (χ4n) is 1.30. The fraction of sp³-hybridized carbons (Fsp3) is 0.583. The maximum Gasteiger partial charge on any atom is 0.163 e. The predicted molar refractivity (Wildman–Crippen MR) is 59.8 cm³/mol. The molecule has 16 heavy (non-hydrogen) atoms. The molecule has 4 heteroatoms. The standard InChI is InChI=1S/C12H18O4/c1-9(13)5-6-10(2)14-7-11-8-15-12(3,4)16-11/h5-6,11H,2,7-8H2,1,3-4H3/b6-5-. The molecule has 0 aromatic rings. The van der Waals surface area contributed by atoms with Crippen LogP contribution in [0.3, 0.4) is 0 Å². The summed E-state index contributed by atoms with van der Waals surface area (Å²) in [5.74, 6) is -0.125. The molecule has 0 N–H and O–H groups in total. The van der Waals surface area contributed by atoms with Gasteiger partial charge in [0.2, 0.25) is 0 Å². The van der Waals surface area contributed by atoms with Crippen LogP contribution in [0.4, 0.5) is 0 Å². The molecule has 0 aromatic carbocycles. The van der Waals surface area contributed by atoms with Gasteiger partial charge in [-0.25, -0.2) is 0 Å². The highest BCUT2D eigenvalue weighted by Crippen LogP contribution is 2.22. The van der Waals surface area contributed by atoms with Gasteiger partial charge in [0, 0.05) is 0 Å². The van der Waals surface area contributed by atoms with Gasteiger partial charge in [0.1, 0.15) is 18.5 Å². The fourth-order valence-corrected chi connectivity index (χ4v) is 1.30. The topological polar surface area (TPSA) is 44.8 Å². The third-order valence-corrected chi connectivity index (χ3v) is 2.03. The second-order valence-corrected chi connectivity index (χ2v) is 4.17. The quantitative estimate of drug-likeness (QED) is 0.407. The summed E-state index contributed by atoms with van der Waals surface area (Å²) in [7, 11) is 0. The Morgan fingerprint density at radius 2 is 2.25 bits per heavy atom. The maximum atomic E-state index is 10.7. The first-order valence-electron chi connectivity index (χ1n) is 5.21. The lowest BCUT2D eigenvalue weighted by atomic mass is 10.3. The van der Waals surface area contributed by atoms with Crippen molar-refractivity contribution in [3.8, 4) is 0 Å². The number of allylic oxidation sites excluding steroid dienone is 2. The van der Waals surface area contributed by atoms with Crippen LogP contribution in [0.1, 0.15) is 20.8 Å². The van der Waals surface area contributed by atoms with Crippen molar-refractivity contribution in [1.82, 2.24) is 0 Å². The number of rotatable bonds is 5. The molecular weight excluding hydrogens is 208 g/mol. The summed E-state index contributed by atoms with van der Waals surface area (Å²) in [5.41, 5.74) is 0. The molecular formula is C12H18O4. The Hall–Kier alpha value is -1.13. The monoisotopic (exact) mass is 226 g/mol. The van der Waals surface area contributed by atoms with E-state index in [2.05, 4.69) is 6.58 Å². The van der Waals surface area contributed by atoms with E-state index >= 15 is 0 Å². The smallest absolute Gasteiger partial charge is 0.163 e. The van der Waals surface area contributed by atoms with Crippen LogP contribution in [-0.4, -0.2) is 30.9 Å². The zero-order valence-corrected chi connectivity index (χ0v) is 9.99. The molecule has 1 heterocycles. The first-order valence-corrected chi connectivity index (χ1v) is 5.21. The van der Waals surface area contributed by atoms with Gasteiger partial charge in [0.25, 0.3) is 0 Å². The van der Waals surface area contributed by atoms with Crippen LogP contribution in [-0.2, 0) is 19.0 Å². The van der Waals surface area contributed by atoms with Gasteiger partial charge in [-0.05, 0) is 32.9 Å². The van der Waals surface area contributed by atoms with E-state index in [1.807, 2.05) is 13.8 Å². The summed E-state index contributed by atoms with van der Waals surface area (Å²) < 4.78 is 16.3. The SMILES string of the molecule is C=C(/C=C\C(C)=O)OCC1COC(C)(C)O1. The van der Waals surface area contributed by atoms with Crippen molar-refractivity contribution in [3.05, 3.63) is 24.5 Å². The van der Waals surface area contributed by atoms with Crippen LogP contribution in [0.2, 0.25) is 0 Å². The Balaban J connectivity index is 2.25. The first kappa shape index (κ1) is 12.9. The van der Waals surface area contributed by atoms with Crippen molar-refractivity contribution in [2.45, 2.75) is 32.7 Å². The zero-order valence-electron chi connectivity index (χ0n) is 9.99. The predicted octanol–water partition coefficient (Wildman–Crippen LogP) is 1.81. The van der Waals surface area contributed by atoms with Gasteiger partial charge in [-0.2, -0.15) is 0 Å². The molecule has 0 spiro atoms. The van der Waals surface area contributed by atoms with Gasteiger partial charge in [-0.15, -0.1) is 0 Å². The van der Waals surface area contributed by atoms with Gasteiger partial charge in [-0.3, -0.25) is 4.79 Å². The third kappa shape index (κ3) is 4.59. The first-order chi connectivity index (χ1) is 7.39. The Morgan fingerprint density at radius 1 is 1.56 bits per heavy atom. The lowest BCUT2D eigenvalue weighted by molar-refractivity contribution is -0.143. The number of carbonyl (C=O) groups is 1. The molecule has 0 radical (unpaired) electrons. The van der Waals surface area contributed by atoms with Crippen LogP contribution in [0.5, 0.6) is 0 Å². The highest BCUT2D eigenvalue weighted by Gasteiger charge is 2.32. The highest BCUT2D eigenvalue weighted by atomic mass is 16.7. The number of carbonyl (C=O) groups excluding carboxylic acids is 1. The van der Waals surface area contributed by atoms with E-state index in [9.17, 15) is 4.79 Å². The molecule has 0 saturated carbocycles. The molecule has 0 aromatic heterocycles. The zero-order chi connectivity index (χ0) is 12.2. The van der Waals surface area contributed by atoms with Gasteiger partial charge >= 0.3 is 0 Å². The summed E-state index contributed by atoms with van der Waals surface area (Å²) in [6.07, 6.45) is 2.87. The van der Waals surface area contributed by atoms with E-state index in [1.165, 1.54) is 13.0 Å². The largest absolute Gasteiger partial charge is 0.491 e. The summed E-state index contributed by atoms with van der Waals surface area (Å²) in [6, 6.07) is 0. The van der Waals surface area contributed by atoms with Crippen LogP contribution in [0.25, 0.3) is 0 Å². The maximum absolute atomic E-state index is 10.7. The second kappa shape index (κ2) is 5.27. The molecule has 1 fully saturated rings. The molecule has 1 aliphatic heterocycles. The van der Waals surface area contributed by atoms with Crippen LogP contribution >= 0.6 is 0 Å². The Labute approximate surface area is 95.9 Å². The van der Waals surface area contributed by atoms with Crippen LogP contribution in [0.15, 0.2) is 24.5 Å². The molecule has 0 bridgehead atoms. The van der Waals surface area contributed by atoms with Gasteiger partial charge < -0.3 is 14.2 Å². The number of ketones is 1. The van der Waals surface area contributed by atoms with Crippen molar-refractivity contribution in [2.24, 2.45) is 0 Å². The van der Waals surface area contributed by atoms with Crippen molar-refractivity contribution in [3.63, 3.8) is 0 Å². The molecule has 1 unspecified atom stereocenters. The molecule has 1 rings (SSSR count). The molecule has 0 amide bonds. The lowest BCUT2D eigenvalue weighted by Gasteiger charge is -2.17. The Bertz CT molecular complexity index is 304. The summed E-state index contributed by atoms with van der Waals surface area (Å²) >= 11 is 0. The molecule has 1 atom stereocenters. The molecule has 4 nitrogen and oxygen atoms in total. The molecule has 1 aliphatic rings. The number of hydrogen-bond acceptors (Lipinski definition) is 4. The van der Waals surface area contributed by atoms with E-state index < -0.39 is 5.79 Å². The number of ether oxygens (including phenoxy) is 3. The summed E-state index contributed by atoms with van der Waals surface area (Å²) in [5, 5.41) is 0. The van der Waals surface area contributed by atoms with Crippen molar-refractivity contribution in [1.29, 1.82) is 0 Å². The molecule has 1 saturated heterocycles. The number of hydrogen-bond donors (Lipinski definition) is 0. The average molecular weight is 226 g/mol. The second-order valence-electron chi connectivity index (χ2n) is 4.17. The van der Waals surface area contributed by atoms with Gasteiger partial charge in [0.05, 0.1) is 6.61 Å². The molecule has 0 aliphatic carbocycles. The average Bonchev–Trinajstić information content (AvgIpc) is 2.52. The molecule has 90 valence electrons. The minimum absolute atomic E-state index is 0.0358. The van der Waals surface area contributed by atoms with E-state index in [0.29, 0.717) is 19.0 Å². The van der Waals surface area contributed by atoms with Crippen LogP contribution < -0.4 is 0 Å². The lowest BCUT2D eigenvalue weighted by Crippen LogP contribution is -2.23. The Kier molecular flexibility index (Phi) is 4.26. The van der Waals surface area contributed by atoms with E-state index in [-0.39, 0.29) is 11.9 Å². The van der Waals surface area contributed by atoms with E-state index in [1.54, 1.807) is 6.08 Å². The van der Waals surface area contributed by atoms with E-state index in [4.69, 9.17) is 14.2 Å². The third-order valence-electron chi connectivity index (χ3n) is 2.03. The Morgan fingerprint density at radius 3 is 2.75 bits per heavy atom. The van der Waals surface area contributed by atoms with Crippen molar-refractivity contribution >= 4 is 5.78 Å². The van der Waals surface area contributed by atoms with Crippen LogP contribution in [0, 0.1) is 0 Å². The van der Waals surface area contributed by atoms with E-state index in [0.717, 1.165) is 0 Å². The highest BCUT2D eigenvalue weighted by molar-refractivity contribution is 5.87. The van der Waals surface area contributed by atoms with Gasteiger partial charge in [0.15, 0.2) is 11.6 Å². The summed E-state index contributed by atoms with van der Waals surface area (Å²) in [4.78, 5) is 10.7. The van der Waals surface area contributed by atoms with Gasteiger partial charge in [-0.1, -0.05) is 6.58 Å². The minimum atomic E-state index is -0.537. The minimum Gasteiger partial charge on any atom is -0.491 e. The van der Waals surface area contributed by atoms with Crippen molar-refractivity contribution < 1.29 is 19.0 Å². The summed E-state index contributed by atoms with van der Waals surface area (Å²) in [6.45, 7) is 9.75. The van der Waals surface area contributed by atoms with Crippen molar-refractivity contribution in [2.75, 3.05) is 13.2 Å².